The lowest BCUT2D eigenvalue weighted by Crippen LogP contribution is -1.78. The molecule has 1 rings (SSSR count). The van der Waals surface area contributed by atoms with E-state index in [0.29, 0.717) is 6.42 Å². The molecule has 0 aliphatic heterocycles. The second-order valence-electron chi connectivity index (χ2n) is 1.24. The fourth-order valence-corrected chi connectivity index (χ4v) is 0.391. The smallest absolute Gasteiger partial charge is 0.109 e. The lowest BCUT2D eigenvalue weighted by Gasteiger charge is -1.92. The SMILES string of the molecule is FC1=C[C]=CC[C]1. The third-order valence-electron chi connectivity index (χ3n) is 0.701. The van der Waals surface area contributed by atoms with Crippen molar-refractivity contribution >= 4 is 0 Å². The lowest BCUT2D eigenvalue weighted by atomic mass is 10.2. The molecule has 0 atom stereocenters. The van der Waals surface area contributed by atoms with Crippen molar-refractivity contribution in [2.45, 2.75) is 6.42 Å². The predicted molar refractivity (Wildman–Crippen MR) is 24.9 cm³/mol. The van der Waals surface area contributed by atoms with Crippen LogP contribution in [0.5, 0.6) is 0 Å². The van der Waals surface area contributed by atoms with Crippen molar-refractivity contribution in [1.82, 2.24) is 0 Å². The molecule has 7 heavy (non-hydrogen) atoms. The summed E-state index contributed by atoms with van der Waals surface area (Å²) in [5.41, 5.74) is 0. The van der Waals surface area contributed by atoms with E-state index in [-0.39, 0.29) is 5.83 Å². The minimum absolute atomic E-state index is 0.303. The highest BCUT2D eigenvalue weighted by molar-refractivity contribution is 5.16. The van der Waals surface area contributed by atoms with Gasteiger partial charge in [-0.1, -0.05) is 6.08 Å². The van der Waals surface area contributed by atoms with Crippen LogP contribution in [0.1, 0.15) is 6.42 Å². The van der Waals surface area contributed by atoms with Gasteiger partial charge in [0, 0.05) is 0 Å². The summed E-state index contributed by atoms with van der Waals surface area (Å²) < 4.78 is 11.9. The molecule has 0 aromatic rings. The Hall–Kier alpha value is -0.590. The Bertz CT molecular complexity index is 111. The van der Waals surface area contributed by atoms with Crippen molar-refractivity contribution in [3.8, 4) is 0 Å². The molecule has 1 aliphatic carbocycles. The Morgan fingerprint density at radius 2 is 2.57 bits per heavy atom. The van der Waals surface area contributed by atoms with Gasteiger partial charge in [0.2, 0.25) is 0 Å². The zero-order valence-corrected chi connectivity index (χ0v) is 3.74. The highest BCUT2D eigenvalue weighted by atomic mass is 19.1. The molecule has 35 valence electrons. The fraction of sp³-hybridized carbons (Fsp3) is 0.167. The molecule has 0 fully saturated rings. The molecular formula is C6H4F. The van der Waals surface area contributed by atoms with Gasteiger partial charge in [0.15, 0.2) is 0 Å². The van der Waals surface area contributed by atoms with E-state index in [2.05, 4.69) is 12.5 Å². The zero-order valence-electron chi connectivity index (χ0n) is 3.74. The van der Waals surface area contributed by atoms with Gasteiger partial charge in [0.25, 0.3) is 0 Å². The largest absolute Gasteiger partial charge is 0.211 e. The zero-order chi connectivity index (χ0) is 5.11. The molecule has 0 bridgehead atoms. The minimum Gasteiger partial charge on any atom is -0.211 e. The summed E-state index contributed by atoms with van der Waals surface area (Å²) in [6.07, 6.45) is 8.62. The first-order chi connectivity index (χ1) is 3.39. The molecule has 0 nitrogen and oxygen atoms in total. The van der Waals surface area contributed by atoms with E-state index >= 15 is 0 Å². The van der Waals surface area contributed by atoms with E-state index in [9.17, 15) is 4.39 Å². The maximum atomic E-state index is 11.9. The highest BCUT2D eigenvalue weighted by Gasteiger charge is 1.95. The van der Waals surface area contributed by atoms with Gasteiger partial charge in [-0.05, 0) is 18.6 Å². The number of allylic oxidation sites excluding steroid dienone is 4. The van der Waals surface area contributed by atoms with E-state index in [4.69, 9.17) is 0 Å². The van der Waals surface area contributed by atoms with Crippen LogP contribution in [0.25, 0.3) is 0 Å². The fourth-order valence-electron chi connectivity index (χ4n) is 0.391. The third-order valence-corrected chi connectivity index (χ3v) is 0.701. The first kappa shape index (κ1) is 4.57. The molecule has 0 spiro atoms. The summed E-state index contributed by atoms with van der Waals surface area (Å²) >= 11 is 0. The van der Waals surface area contributed by atoms with Crippen molar-refractivity contribution in [3.63, 3.8) is 0 Å². The van der Waals surface area contributed by atoms with Gasteiger partial charge in [-0.2, -0.15) is 0 Å². The molecule has 0 aromatic carbocycles. The Morgan fingerprint density at radius 1 is 1.71 bits per heavy atom. The van der Waals surface area contributed by atoms with Crippen LogP contribution < -0.4 is 0 Å². The monoisotopic (exact) mass is 95.0 g/mol. The maximum Gasteiger partial charge on any atom is 0.109 e. The van der Waals surface area contributed by atoms with Crippen LogP contribution in [-0.4, -0.2) is 0 Å². The summed E-state index contributed by atoms with van der Waals surface area (Å²) in [6, 6.07) is 0. The summed E-state index contributed by atoms with van der Waals surface area (Å²) in [7, 11) is 0. The first-order valence-corrected chi connectivity index (χ1v) is 2.07. The Labute approximate surface area is 42.3 Å². The van der Waals surface area contributed by atoms with E-state index in [0.717, 1.165) is 0 Å². The second kappa shape index (κ2) is 1.92. The van der Waals surface area contributed by atoms with Crippen molar-refractivity contribution in [2.24, 2.45) is 0 Å². The van der Waals surface area contributed by atoms with Gasteiger partial charge in [-0.25, -0.2) is 4.39 Å². The molecule has 0 N–H and O–H groups in total. The average molecular weight is 95.1 g/mol. The minimum atomic E-state index is -0.303. The normalized spacial score (nSPS) is 19.3. The molecule has 0 heterocycles. The molecule has 3 radical (unpaired) electrons. The summed E-state index contributed by atoms with van der Waals surface area (Å²) in [5.74, 6) is -0.303. The van der Waals surface area contributed by atoms with Crippen LogP contribution in [0, 0.1) is 12.5 Å². The molecule has 0 unspecified atom stereocenters. The van der Waals surface area contributed by atoms with E-state index in [1.54, 1.807) is 6.08 Å². The van der Waals surface area contributed by atoms with E-state index in [1.807, 2.05) is 0 Å². The number of hydrogen-bond donors (Lipinski definition) is 0. The van der Waals surface area contributed by atoms with E-state index < -0.39 is 0 Å². The molecule has 1 heteroatoms. The number of rotatable bonds is 0. The lowest BCUT2D eigenvalue weighted by molar-refractivity contribution is 0.639. The molecule has 0 saturated carbocycles. The Balaban J connectivity index is 2.57. The molecule has 1 aliphatic rings. The van der Waals surface area contributed by atoms with Crippen LogP contribution in [0.15, 0.2) is 18.0 Å². The molecular weight excluding hydrogens is 91.1 g/mol. The molecule has 0 amide bonds. The van der Waals surface area contributed by atoms with Crippen molar-refractivity contribution < 1.29 is 4.39 Å². The van der Waals surface area contributed by atoms with Gasteiger partial charge >= 0.3 is 0 Å². The average Bonchev–Trinajstić information content (AvgIpc) is 1.69. The Kier molecular flexibility index (Phi) is 1.25. The topological polar surface area (TPSA) is 0 Å². The highest BCUT2D eigenvalue weighted by Crippen LogP contribution is 2.09. The van der Waals surface area contributed by atoms with Crippen LogP contribution in [0.4, 0.5) is 4.39 Å². The van der Waals surface area contributed by atoms with Gasteiger partial charge in [0.05, 0.1) is 6.42 Å². The van der Waals surface area contributed by atoms with Gasteiger partial charge in [-0.15, -0.1) is 0 Å². The van der Waals surface area contributed by atoms with Crippen molar-refractivity contribution in [2.75, 3.05) is 0 Å². The van der Waals surface area contributed by atoms with E-state index in [1.165, 1.54) is 6.08 Å². The molecule has 0 saturated heterocycles. The van der Waals surface area contributed by atoms with Crippen LogP contribution in [-0.2, 0) is 0 Å². The quantitative estimate of drug-likeness (QED) is 0.429. The standard InChI is InChI=1S/C6H4F/c7-6-4-2-1-3-5-6/h1,5H,2H2. The summed E-state index contributed by atoms with van der Waals surface area (Å²) in [5, 5.41) is 0. The van der Waals surface area contributed by atoms with Crippen LogP contribution in [0.2, 0.25) is 0 Å². The molecule has 0 aromatic heterocycles. The van der Waals surface area contributed by atoms with Gasteiger partial charge in [0.1, 0.15) is 5.83 Å². The number of halogens is 1. The van der Waals surface area contributed by atoms with Crippen molar-refractivity contribution in [3.05, 3.63) is 30.5 Å². The van der Waals surface area contributed by atoms with Crippen molar-refractivity contribution in [1.29, 1.82) is 0 Å². The maximum absolute atomic E-state index is 11.9. The second-order valence-corrected chi connectivity index (χ2v) is 1.24. The van der Waals surface area contributed by atoms with Gasteiger partial charge < -0.3 is 0 Å². The summed E-state index contributed by atoms with van der Waals surface area (Å²) in [6.45, 7) is 0. The first-order valence-electron chi connectivity index (χ1n) is 2.07. The van der Waals surface area contributed by atoms with Crippen LogP contribution in [0.3, 0.4) is 0 Å². The number of hydrogen-bond acceptors (Lipinski definition) is 0. The van der Waals surface area contributed by atoms with Crippen LogP contribution >= 0.6 is 0 Å². The summed E-state index contributed by atoms with van der Waals surface area (Å²) in [4.78, 5) is 0. The predicted octanol–water partition coefficient (Wildman–Crippen LogP) is 1.68. The Morgan fingerprint density at radius 3 is 2.86 bits per heavy atom. The third kappa shape index (κ3) is 1.15. The van der Waals surface area contributed by atoms with Gasteiger partial charge in [-0.3, -0.25) is 0 Å².